The largest absolute Gasteiger partial charge is 0.493 e. The van der Waals surface area contributed by atoms with Crippen molar-refractivity contribution in [1.29, 1.82) is 0 Å². The second kappa shape index (κ2) is 12.6. The van der Waals surface area contributed by atoms with E-state index >= 15 is 0 Å². The number of benzene rings is 2. The summed E-state index contributed by atoms with van der Waals surface area (Å²) in [6.45, 7) is 6.18. The van der Waals surface area contributed by atoms with Gasteiger partial charge in [0, 0.05) is 30.4 Å². The summed E-state index contributed by atoms with van der Waals surface area (Å²) in [5, 5.41) is 6.47. The molecule has 0 bridgehead atoms. The lowest BCUT2D eigenvalue weighted by molar-refractivity contribution is -0.0172. The van der Waals surface area contributed by atoms with Gasteiger partial charge in [-0.15, -0.1) is 24.0 Å². The Morgan fingerprint density at radius 1 is 1.19 bits per heavy atom. The molecule has 2 N–H and O–H groups in total. The van der Waals surface area contributed by atoms with Crippen LogP contribution in [0, 0.1) is 5.82 Å². The van der Waals surface area contributed by atoms with Gasteiger partial charge in [0.25, 0.3) is 0 Å². The predicted molar refractivity (Wildman–Crippen MR) is 130 cm³/mol. The number of fused-ring (bicyclic) bond motifs is 1. The van der Waals surface area contributed by atoms with Crippen LogP contribution in [0.15, 0.2) is 35.3 Å². The van der Waals surface area contributed by atoms with Crippen molar-refractivity contribution in [3.05, 3.63) is 47.3 Å². The number of hydrogen-bond acceptors (Lipinski definition) is 5. The number of guanidine groups is 1. The Kier molecular flexibility index (Phi) is 10.1. The maximum Gasteiger partial charge on any atom is 0.195 e. The van der Waals surface area contributed by atoms with Gasteiger partial charge < -0.3 is 29.6 Å². The first-order chi connectivity index (χ1) is 14.6. The zero-order chi connectivity index (χ0) is 21.3. The standard InChI is InChI=1S/C22H28FN3O4.HI/c1-4-24-22(26-18-6-7-19(29-5-2)20(12-18)27-3)25-9-8-15-10-17(23)11-16-13-28-14-30-21(15)16;/h6-7,10-12H,4-5,8-9,13-14H2,1-3H3,(H2,24,25,26);1H. The maximum absolute atomic E-state index is 13.9. The number of anilines is 1. The second-order valence-corrected chi connectivity index (χ2v) is 6.60. The first-order valence-corrected chi connectivity index (χ1v) is 10.0. The molecular formula is C22H29FIN3O4. The van der Waals surface area contributed by atoms with Gasteiger partial charge in [0.2, 0.25) is 0 Å². The van der Waals surface area contributed by atoms with E-state index in [1.54, 1.807) is 7.11 Å². The minimum Gasteiger partial charge on any atom is -0.493 e. The summed E-state index contributed by atoms with van der Waals surface area (Å²) >= 11 is 0. The van der Waals surface area contributed by atoms with Crippen molar-refractivity contribution in [3.63, 3.8) is 0 Å². The summed E-state index contributed by atoms with van der Waals surface area (Å²) < 4.78 is 35.7. The molecule has 0 fully saturated rings. The Bertz CT molecular complexity index is 895. The van der Waals surface area contributed by atoms with Crippen LogP contribution in [-0.2, 0) is 17.8 Å². The lowest BCUT2D eigenvalue weighted by Gasteiger charge is -2.20. The average Bonchev–Trinajstić information content (AvgIpc) is 2.75. The van der Waals surface area contributed by atoms with E-state index in [-0.39, 0.29) is 36.6 Å². The zero-order valence-corrected chi connectivity index (χ0v) is 20.3. The number of hydrogen-bond donors (Lipinski definition) is 2. The Hall–Kier alpha value is -2.27. The molecule has 3 rings (SSSR count). The van der Waals surface area contributed by atoms with Crippen LogP contribution in [-0.4, -0.2) is 39.6 Å². The van der Waals surface area contributed by atoms with Crippen molar-refractivity contribution >= 4 is 35.6 Å². The number of halogens is 2. The molecule has 0 radical (unpaired) electrons. The molecule has 0 amide bonds. The van der Waals surface area contributed by atoms with E-state index in [1.807, 2.05) is 32.0 Å². The van der Waals surface area contributed by atoms with Gasteiger partial charge >= 0.3 is 0 Å². The first-order valence-electron chi connectivity index (χ1n) is 10.0. The molecule has 0 spiro atoms. The van der Waals surface area contributed by atoms with Crippen molar-refractivity contribution in [1.82, 2.24) is 5.32 Å². The molecule has 2 aromatic carbocycles. The number of rotatable bonds is 8. The highest BCUT2D eigenvalue weighted by atomic mass is 127. The maximum atomic E-state index is 13.9. The fraction of sp³-hybridized carbons (Fsp3) is 0.409. The quantitative estimate of drug-likeness (QED) is 0.292. The fourth-order valence-electron chi connectivity index (χ4n) is 3.19. The first kappa shape index (κ1) is 25.0. The molecule has 1 aliphatic rings. The van der Waals surface area contributed by atoms with E-state index < -0.39 is 0 Å². The van der Waals surface area contributed by atoms with Crippen LogP contribution in [0.1, 0.15) is 25.0 Å². The molecule has 0 aliphatic carbocycles. The van der Waals surface area contributed by atoms with Crippen LogP contribution < -0.4 is 24.8 Å². The highest BCUT2D eigenvalue weighted by Crippen LogP contribution is 2.31. The van der Waals surface area contributed by atoms with Crippen molar-refractivity contribution < 1.29 is 23.3 Å². The van der Waals surface area contributed by atoms with Crippen molar-refractivity contribution in [2.24, 2.45) is 4.99 Å². The lowest BCUT2D eigenvalue weighted by atomic mass is 10.1. The summed E-state index contributed by atoms with van der Waals surface area (Å²) in [5.74, 6) is 2.36. The third-order valence-electron chi connectivity index (χ3n) is 4.47. The van der Waals surface area contributed by atoms with Crippen LogP contribution in [0.4, 0.5) is 10.1 Å². The van der Waals surface area contributed by atoms with Crippen LogP contribution in [0.25, 0.3) is 0 Å². The molecule has 31 heavy (non-hydrogen) atoms. The second-order valence-electron chi connectivity index (χ2n) is 6.60. The molecule has 0 saturated heterocycles. The van der Waals surface area contributed by atoms with E-state index in [4.69, 9.17) is 18.9 Å². The highest BCUT2D eigenvalue weighted by Gasteiger charge is 2.16. The molecule has 1 heterocycles. The van der Waals surface area contributed by atoms with Gasteiger partial charge in [0.05, 0.1) is 20.3 Å². The third kappa shape index (κ3) is 6.86. The van der Waals surface area contributed by atoms with E-state index in [2.05, 4.69) is 15.6 Å². The Balaban J connectivity index is 0.00000341. The summed E-state index contributed by atoms with van der Waals surface area (Å²) in [7, 11) is 1.60. The number of methoxy groups -OCH3 is 1. The number of ether oxygens (including phenoxy) is 4. The molecule has 7 nitrogen and oxygen atoms in total. The predicted octanol–water partition coefficient (Wildman–Crippen LogP) is 4.34. The van der Waals surface area contributed by atoms with Crippen LogP contribution in [0.2, 0.25) is 0 Å². The van der Waals surface area contributed by atoms with Crippen molar-refractivity contribution in [2.45, 2.75) is 26.9 Å². The van der Waals surface area contributed by atoms with Gasteiger partial charge in [-0.25, -0.2) is 4.39 Å². The third-order valence-corrected chi connectivity index (χ3v) is 4.47. The molecule has 1 aliphatic heterocycles. The summed E-state index contributed by atoms with van der Waals surface area (Å²) in [4.78, 5) is 4.61. The molecule has 0 atom stereocenters. The van der Waals surface area contributed by atoms with E-state index in [0.29, 0.717) is 55.9 Å². The van der Waals surface area contributed by atoms with Crippen LogP contribution in [0.3, 0.4) is 0 Å². The van der Waals surface area contributed by atoms with Gasteiger partial charge in [0.1, 0.15) is 11.6 Å². The molecular weight excluding hydrogens is 516 g/mol. The molecule has 0 unspecified atom stereocenters. The number of aliphatic imine (C=N–C) groups is 1. The van der Waals surface area contributed by atoms with Gasteiger partial charge in [-0.2, -0.15) is 0 Å². The van der Waals surface area contributed by atoms with E-state index in [0.717, 1.165) is 16.8 Å². The lowest BCUT2D eigenvalue weighted by Crippen LogP contribution is -2.31. The fourth-order valence-corrected chi connectivity index (χ4v) is 3.19. The van der Waals surface area contributed by atoms with Crippen LogP contribution >= 0.6 is 24.0 Å². The number of nitrogens with one attached hydrogen (secondary N) is 2. The molecule has 0 aromatic heterocycles. The smallest absolute Gasteiger partial charge is 0.195 e. The number of nitrogens with zero attached hydrogens (tertiary/aromatic N) is 1. The molecule has 2 aromatic rings. The van der Waals surface area contributed by atoms with Crippen LogP contribution in [0.5, 0.6) is 17.2 Å². The highest BCUT2D eigenvalue weighted by molar-refractivity contribution is 14.0. The zero-order valence-electron chi connectivity index (χ0n) is 18.0. The van der Waals surface area contributed by atoms with Gasteiger partial charge in [-0.1, -0.05) is 0 Å². The molecule has 9 heteroatoms. The average molecular weight is 545 g/mol. The summed E-state index contributed by atoms with van der Waals surface area (Å²) in [6.07, 6.45) is 0.545. The SMILES string of the molecule is CCNC(=NCCc1cc(F)cc2c1OCOC2)Nc1ccc(OCC)c(OC)c1.I. The summed E-state index contributed by atoms with van der Waals surface area (Å²) in [6, 6.07) is 8.56. The molecule has 170 valence electrons. The van der Waals surface area contributed by atoms with E-state index in [1.165, 1.54) is 12.1 Å². The normalized spacial score (nSPS) is 12.8. The summed E-state index contributed by atoms with van der Waals surface area (Å²) in [5.41, 5.74) is 2.33. The minimum absolute atomic E-state index is 0. The van der Waals surface area contributed by atoms with Gasteiger partial charge in [0.15, 0.2) is 24.3 Å². The van der Waals surface area contributed by atoms with Crippen molar-refractivity contribution in [3.8, 4) is 17.2 Å². The van der Waals surface area contributed by atoms with Gasteiger partial charge in [-0.05, 0) is 50.1 Å². The Morgan fingerprint density at radius 3 is 2.77 bits per heavy atom. The van der Waals surface area contributed by atoms with Crippen molar-refractivity contribution in [2.75, 3.05) is 38.9 Å². The monoisotopic (exact) mass is 545 g/mol. The van der Waals surface area contributed by atoms with Gasteiger partial charge in [-0.3, -0.25) is 4.99 Å². The Labute approximate surface area is 199 Å². The Morgan fingerprint density at radius 2 is 2.03 bits per heavy atom. The van der Waals surface area contributed by atoms with E-state index in [9.17, 15) is 4.39 Å². The topological polar surface area (TPSA) is 73.3 Å². The minimum atomic E-state index is -0.298. The molecule has 0 saturated carbocycles.